The Morgan fingerprint density at radius 3 is 2.61 bits per heavy atom. The first-order valence-electron chi connectivity index (χ1n) is 9.20. The first kappa shape index (κ1) is 19.7. The van der Waals surface area contributed by atoms with Crippen LogP contribution in [0.4, 0.5) is 0 Å². The Kier molecular flexibility index (Phi) is 5.53. The van der Waals surface area contributed by atoms with E-state index < -0.39 is 11.9 Å². The third-order valence-corrected chi connectivity index (χ3v) is 5.23. The normalized spacial score (nSPS) is 17.6. The zero-order valence-corrected chi connectivity index (χ0v) is 16.2. The number of carbonyl (C=O) groups excluding carboxylic acids is 2. The average Bonchev–Trinajstić information content (AvgIpc) is 3.23. The van der Waals surface area contributed by atoms with Gasteiger partial charge in [0.2, 0.25) is 11.8 Å². The average molecular weight is 384 g/mol. The number of furan rings is 1. The quantitative estimate of drug-likeness (QED) is 0.827. The van der Waals surface area contributed by atoms with E-state index in [2.05, 4.69) is 0 Å². The summed E-state index contributed by atoms with van der Waals surface area (Å²) in [5.41, 5.74) is 1.12. The minimum atomic E-state index is -1.06. The largest absolute Gasteiger partial charge is 0.478 e. The van der Waals surface area contributed by atoms with Gasteiger partial charge >= 0.3 is 5.97 Å². The molecule has 0 aliphatic carbocycles. The predicted molar refractivity (Wildman–Crippen MR) is 102 cm³/mol. The van der Waals surface area contributed by atoms with Gasteiger partial charge in [-0.25, -0.2) is 4.79 Å². The highest BCUT2D eigenvalue weighted by molar-refractivity contribution is 5.90. The molecule has 0 bridgehead atoms. The van der Waals surface area contributed by atoms with Crippen molar-refractivity contribution in [1.29, 1.82) is 0 Å². The molecular weight excluding hydrogens is 360 g/mol. The van der Waals surface area contributed by atoms with Crippen LogP contribution < -0.4 is 0 Å². The highest BCUT2D eigenvalue weighted by Crippen LogP contribution is 2.29. The van der Waals surface area contributed by atoms with E-state index in [0.29, 0.717) is 18.1 Å². The molecule has 28 heavy (non-hydrogen) atoms. The molecule has 3 rings (SSSR count). The topological polar surface area (TPSA) is 91.1 Å². The van der Waals surface area contributed by atoms with Crippen LogP contribution in [0.15, 0.2) is 40.8 Å². The SMILES string of the molecule is Cc1oc(CN(C)C(=O)[C@H]2CC(=O)N([C@@H](C)c3ccccc3)C2)cc1C(=O)O. The molecule has 1 aliphatic heterocycles. The Hall–Kier alpha value is -3.09. The van der Waals surface area contributed by atoms with E-state index in [1.54, 1.807) is 18.9 Å². The van der Waals surface area contributed by atoms with Gasteiger partial charge in [-0.3, -0.25) is 9.59 Å². The highest BCUT2D eigenvalue weighted by atomic mass is 16.4. The van der Waals surface area contributed by atoms with E-state index in [9.17, 15) is 14.4 Å². The number of nitrogens with zero attached hydrogens (tertiary/aromatic N) is 2. The van der Waals surface area contributed by atoms with Crippen LogP contribution >= 0.6 is 0 Å². The van der Waals surface area contributed by atoms with E-state index in [-0.39, 0.29) is 36.4 Å². The van der Waals surface area contributed by atoms with Crippen molar-refractivity contribution in [2.24, 2.45) is 5.92 Å². The molecule has 1 N–H and O–H groups in total. The van der Waals surface area contributed by atoms with E-state index in [4.69, 9.17) is 9.52 Å². The minimum absolute atomic E-state index is 0.0369. The molecule has 7 heteroatoms. The number of rotatable bonds is 6. The van der Waals surface area contributed by atoms with Gasteiger partial charge in [-0.2, -0.15) is 0 Å². The van der Waals surface area contributed by atoms with E-state index in [1.807, 2.05) is 37.3 Å². The van der Waals surface area contributed by atoms with Crippen LogP contribution in [0.3, 0.4) is 0 Å². The van der Waals surface area contributed by atoms with Crippen molar-refractivity contribution < 1.29 is 23.9 Å². The third-order valence-electron chi connectivity index (χ3n) is 5.23. The van der Waals surface area contributed by atoms with Crippen molar-refractivity contribution in [1.82, 2.24) is 9.80 Å². The Bertz CT molecular complexity index is 889. The summed E-state index contributed by atoms with van der Waals surface area (Å²) in [7, 11) is 1.63. The number of aromatic carboxylic acids is 1. The number of carbonyl (C=O) groups is 3. The second kappa shape index (κ2) is 7.88. The molecule has 1 fully saturated rings. The van der Waals surface area contributed by atoms with E-state index in [0.717, 1.165) is 5.56 Å². The zero-order valence-electron chi connectivity index (χ0n) is 16.2. The van der Waals surface area contributed by atoms with Crippen LogP contribution in [0.1, 0.15) is 46.8 Å². The molecule has 7 nitrogen and oxygen atoms in total. The summed E-state index contributed by atoms with van der Waals surface area (Å²) in [5, 5.41) is 9.12. The van der Waals surface area contributed by atoms with Crippen LogP contribution in [0.25, 0.3) is 0 Å². The molecule has 1 saturated heterocycles. The summed E-state index contributed by atoms with van der Waals surface area (Å²) in [5.74, 6) is -0.953. The standard InChI is InChI=1S/C21H24N2O5/c1-13(15-7-5-4-6-8-15)23-11-16(9-19(23)24)20(25)22(3)12-17-10-18(21(26)27)14(2)28-17/h4-8,10,13,16H,9,11-12H2,1-3H3,(H,26,27)/t13-,16-/m0/s1. The van der Waals surface area contributed by atoms with Crippen molar-refractivity contribution in [2.75, 3.05) is 13.6 Å². The summed E-state index contributed by atoms with van der Waals surface area (Å²) in [6.07, 6.45) is 0.178. The number of hydrogen-bond donors (Lipinski definition) is 1. The maximum Gasteiger partial charge on any atom is 0.339 e. The second-order valence-electron chi connectivity index (χ2n) is 7.22. The molecule has 148 valence electrons. The van der Waals surface area contributed by atoms with Crippen molar-refractivity contribution in [3.8, 4) is 0 Å². The number of carboxylic acids is 1. The van der Waals surface area contributed by atoms with Crippen LogP contribution in [-0.4, -0.2) is 46.3 Å². The molecule has 0 spiro atoms. The predicted octanol–water partition coefficient (Wildman–Crippen LogP) is 2.85. The fourth-order valence-corrected chi connectivity index (χ4v) is 3.64. The first-order chi connectivity index (χ1) is 13.3. The van der Waals surface area contributed by atoms with Gasteiger partial charge in [0.25, 0.3) is 0 Å². The van der Waals surface area contributed by atoms with E-state index >= 15 is 0 Å². The number of benzene rings is 1. The summed E-state index contributed by atoms with van der Waals surface area (Å²) in [6, 6.07) is 11.1. The minimum Gasteiger partial charge on any atom is -0.478 e. The van der Waals surface area contributed by atoms with Crippen LogP contribution in [0.2, 0.25) is 0 Å². The van der Waals surface area contributed by atoms with E-state index in [1.165, 1.54) is 11.0 Å². The molecular formula is C21H24N2O5. The Labute approximate surface area is 163 Å². The first-order valence-corrected chi connectivity index (χ1v) is 9.20. The molecule has 1 aromatic carbocycles. The maximum atomic E-state index is 12.8. The Morgan fingerprint density at radius 2 is 2.00 bits per heavy atom. The lowest BCUT2D eigenvalue weighted by molar-refractivity contribution is -0.135. The van der Waals surface area contributed by atoms with Gasteiger partial charge in [0.15, 0.2) is 0 Å². The van der Waals surface area contributed by atoms with Gasteiger partial charge in [0.1, 0.15) is 17.1 Å². The molecule has 1 aliphatic rings. The molecule has 0 saturated carbocycles. The van der Waals surface area contributed by atoms with Crippen molar-refractivity contribution in [2.45, 2.75) is 32.9 Å². The Morgan fingerprint density at radius 1 is 1.32 bits per heavy atom. The van der Waals surface area contributed by atoms with Crippen molar-refractivity contribution in [3.05, 3.63) is 59.0 Å². The van der Waals surface area contributed by atoms with Gasteiger partial charge in [0, 0.05) is 20.0 Å². The van der Waals surface area contributed by atoms with Gasteiger partial charge in [-0.05, 0) is 25.5 Å². The summed E-state index contributed by atoms with van der Waals surface area (Å²) < 4.78 is 5.45. The lowest BCUT2D eigenvalue weighted by Gasteiger charge is -2.26. The molecule has 2 amide bonds. The molecule has 2 atom stereocenters. The fourth-order valence-electron chi connectivity index (χ4n) is 3.64. The van der Waals surface area contributed by atoms with Gasteiger partial charge in [0.05, 0.1) is 18.5 Å². The smallest absolute Gasteiger partial charge is 0.339 e. The van der Waals surface area contributed by atoms with Gasteiger partial charge in [-0.15, -0.1) is 0 Å². The molecule has 0 unspecified atom stereocenters. The number of carboxylic acid groups (broad SMARTS) is 1. The number of amides is 2. The van der Waals surface area contributed by atoms with Crippen LogP contribution in [0, 0.1) is 12.8 Å². The lowest BCUT2D eigenvalue weighted by Crippen LogP contribution is -2.34. The molecule has 1 aromatic heterocycles. The van der Waals surface area contributed by atoms with Crippen LogP contribution in [-0.2, 0) is 16.1 Å². The van der Waals surface area contributed by atoms with Crippen molar-refractivity contribution in [3.63, 3.8) is 0 Å². The fraction of sp³-hybridized carbons (Fsp3) is 0.381. The third kappa shape index (κ3) is 3.93. The number of aryl methyl sites for hydroxylation is 1. The molecule has 2 aromatic rings. The number of likely N-dealkylation sites (tertiary alicyclic amines) is 1. The second-order valence-corrected chi connectivity index (χ2v) is 7.22. The summed E-state index contributed by atoms with van der Waals surface area (Å²) >= 11 is 0. The maximum absolute atomic E-state index is 12.8. The number of hydrogen-bond acceptors (Lipinski definition) is 4. The molecule has 0 radical (unpaired) electrons. The molecule has 2 heterocycles. The summed E-state index contributed by atoms with van der Waals surface area (Å²) in [6.45, 7) is 4.07. The van der Waals surface area contributed by atoms with Gasteiger partial charge in [-0.1, -0.05) is 30.3 Å². The lowest BCUT2D eigenvalue weighted by atomic mass is 10.1. The van der Waals surface area contributed by atoms with Crippen molar-refractivity contribution >= 4 is 17.8 Å². The van der Waals surface area contributed by atoms with Crippen LogP contribution in [0.5, 0.6) is 0 Å². The monoisotopic (exact) mass is 384 g/mol. The summed E-state index contributed by atoms with van der Waals surface area (Å²) in [4.78, 5) is 39.7. The zero-order chi connectivity index (χ0) is 20.4. The van der Waals surface area contributed by atoms with Gasteiger partial charge < -0.3 is 19.3 Å². The highest BCUT2D eigenvalue weighted by Gasteiger charge is 2.38. The Balaban J connectivity index is 1.65.